The van der Waals surface area contributed by atoms with Gasteiger partial charge in [0.2, 0.25) is 5.82 Å². The van der Waals surface area contributed by atoms with Crippen molar-refractivity contribution in [2.24, 2.45) is 7.05 Å². The van der Waals surface area contributed by atoms with Crippen LogP contribution in [0.25, 0.3) is 0 Å². The van der Waals surface area contributed by atoms with Gasteiger partial charge in [-0.25, -0.2) is 9.55 Å². The van der Waals surface area contributed by atoms with Gasteiger partial charge in [0.25, 0.3) is 0 Å². The van der Waals surface area contributed by atoms with Gasteiger partial charge in [-0.1, -0.05) is 0 Å². The van der Waals surface area contributed by atoms with E-state index >= 15 is 0 Å². The van der Waals surface area contributed by atoms with Gasteiger partial charge in [-0.3, -0.25) is 0 Å². The van der Waals surface area contributed by atoms with Crippen LogP contribution in [-0.4, -0.2) is 29.6 Å². The third kappa shape index (κ3) is 2.39. The van der Waals surface area contributed by atoms with Crippen molar-refractivity contribution in [1.29, 1.82) is 0 Å². The lowest BCUT2D eigenvalue weighted by Crippen LogP contribution is -2.05. The van der Waals surface area contributed by atoms with Crippen LogP contribution in [-0.2, 0) is 7.05 Å². The van der Waals surface area contributed by atoms with E-state index in [9.17, 15) is 20.2 Å². The average molecular weight is 302 g/mol. The molecule has 12 heteroatoms. The first-order valence-corrected chi connectivity index (χ1v) is 6.07. The van der Waals surface area contributed by atoms with Crippen LogP contribution in [0.15, 0.2) is 6.20 Å². The van der Waals surface area contributed by atoms with Crippen LogP contribution in [0.1, 0.15) is 16.1 Å². The number of nitrogens with zero attached hydrogens (tertiary/aromatic N) is 6. The Hall–Kier alpha value is -2.08. The maximum Gasteiger partial charge on any atom is 0.450 e. The highest BCUT2D eigenvalue weighted by Crippen LogP contribution is 2.32. The molecule has 0 amide bonds. The molecule has 0 N–H and O–H groups in total. The molecule has 1 atom stereocenters. The summed E-state index contributed by atoms with van der Waals surface area (Å²) in [4.78, 5) is 23.8. The molecule has 0 fully saturated rings. The lowest BCUT2D eigenvalue weighted by Gasteiger charge is -2.02. The minimum atomic E-state index is -0.718. The Morgan fingerprint density at radius 2 is 2.05 bits per heavy atom. The number of aromatic nitrogens is 4. The highest BCUT2D eigenvalue weighted by molar-refractivity contribution is 7.80. The van der Waals surface area contributed by atoms with Gasteiger partial charge in [0, 0.05) is 0 Å². The van der Waals surface area contributed by atoms with E-state index in [0.717, 1.165) is 17.5 Å². The van der Waals surface area contributed by atoms with Crippen molar-refractivity contribution in [3.05, 3.63) is 37.3 Å². The van der Waals surface area contributed by atoms with Gasteiger partial charge in [0.05, 0.1) is 12.1 Å². The zero-order chi connectivity index (χ0) is 14.2. The number of hydrogen-bond donors (Lipinski definition) is 1. The third-order valence-electron chi connectivity index (χ3n) is 2.25. The summed E-state index contributed by atoms with van der Waals surface area (Å²) < 4.78 is 1.24. The van der Waals surface area contributed by atoms with Crippen LogP contribution < -0.4 is 0 Å². The van der Waals surface area contributed by atoms with Gasteiger partial charge >= 0.3 is 10.9 Å². The van der Waals surface area contributed by atoms with Crippen molar-refractivity contribution in [2.75, 3.05) is 0 Å². The van der Waals surface area contributed by atoms with Gasteiger partial charge in [-0.05, 0) is 26.3 Å². The monoisotopic (exact) mass is 302 g/mol. The van der Waals surface area contributed by atoms with E-state index in [-0.39, 0.29) is 21.8 Å². The minimum absolute atomic E-state index is 0.201. The number of nitro groups is 2. The predicted molar refractivity (Wildman–Crippen MR) is 67.3 cm³/mol. The highest BCUT2D eigenvalue weighted by Gasteiger charge is 2.29. The van der Waals surface area contributed by atoms with E-state index in [4.69, 9.17) is 0 Å². The maximum absolute atomic E-state index is 10.7. The molecule has 2 aromatic rings. The highest BCUT2D eigenvalue weighted by atomic mass is 32.1. The molecule has 0 radical (unpaired) electrons. The van der Waals surface area contributed by atoms with Crippen molar-refractivity contribution in [3.63, 3.8) is 0 Å². The Morgan fingerprint density at radius 3 is 2.53 bits per heavy atom. The summed E-state index contributed by atoms with van der Waals surface area (Å²) in [6, 6.07) is 0. The Kier molecular flexibility index (Phi) is 3.44. The third-order valence-corrected chi connectivity index (χ3v) is 3.84. The molecule has 0 aliphatic rings. The van der Waals surface area contributed by atoms with Crippen LogP contribution >= 0.6 is 24.0 Å². The summed E-state index contributed by atoms with van der Waals surface area (Å²) in [5.74, 6) is 0.0640. The van der Waals surface area contributed by atoms with Crippen molar-refractivity contribution in [1.82, 2.24) is 19.7 Å². The van der Waals surface area contributed by atoms with Gasteiger partial charge in [-0.15, -0.1) is 0 Å². The van der Waals surface area contributed by atoms with Crippen LogP contribution in [0, 0.1) is 20.2 Å². The topological polar surface area (TPSA) is 130 Å². The fourth-order valence-corrected chi connectivity index (χ4v) is 2.45. The molecule has 1 unspecified atom stereocenters. The number of thiol groups is 1. The molecule has 2 aromatic heterocycles. The number of imidazole rings is 1. The summed E-state index contributed by atoms with van der Waals surface area (Å²) in [5.41, 5.74) is 0. The standard InChI is InChI=1S/C7H6N6O4S2/c1-11-3(12(14)15)2-8-5(11)4(18)6-9-10-7(19-6)13(16)17/h2,4,18H,1H3. The minimum Gasteiger partial charge on any atom is -0.358 e. The van der Waals surface area contributed by atoms with E-state index in [2.05, 4.69) is 27.8 Å². The van der Waals surface area contributed by atoms with Gasteiger partial charge < -0.3 is 20.2 Å². The Morgan fingerprint density at radius 1 is 1.37 bits per heavy atom. The molecule has 2 rings (SSSR count). The number of hydrogen-bond acceptors (Lipinski definition) is 9. The Bertz CT molecular complexity index is 652. The summed E-state index contributed by atoms with van der Waals surface area (Å²) in [6.45, 7) is 0. The van der Waals surface area contributed by atoms with Crippen LogP contribution in [0.4, 0.5) is 10.9 Å². The Balaban J connectivity index is 2.35. The summed E-state index contributed by atoms with van der Waals surface area (Å²) in [6.07, 6.45) is 1.09. The molecule has 0 spiro atoms. The van der Waals surface area contributed by atoms with E-state index < -0.39 is 15.1 Å². The summed E-state index contributed by atoms with van der Waals surface area (Å²) >= 11 is 4.97. The normalized spacial score (nSPS) is 12.3. The van der Waals surface area contributed by atoms with Crippen molar-refractivity contribution < 1.29 is 9.85 Å². The predicted octanol–water partition coefficient (Wildman–Crippen LogP) is 1.11. The second-order valence-electron chi connectivity index (χ2n) is 3.37. The van der Waals surface area contributed by atoms with Gasteiger partial charge in [0.1, 0.15) is 11.4 Å². The van der Waals surface area contributed by atoms with Gasteiger partial charge in [-0.2, -0.15) is 12.6 Å². The molecule has 0 aliphatic carbocycles. The smallest absolute Gasteiger partial charge is 0.358 e. The zero-order valence-electron chi connectivity index (χ0n) is 9.33. The largest absolute Gasteiger partial charge is 0.450 e. The number of rotatable bonds is 4. The molecule has 0 bridgehead atoms. The molecule has 10 nitrogen and oxygen atoms in total. The first kappa shape index (κ1) is 13.4. The molecule has 100 valence electrons. The maximum atomic E-state index is 10.7. The fourth-order valence-electron chi connectivity index (χ4n) is 1.36. The van der Waals surface area contributed by atoms with Crippen molar-refractivity contribution >= 4 is 34.9 Å². The van der Waals surface area contributed by atoms with E-state index in [1.807, 2.05) is 0 Å². The second kappa shape index (κ2) is 4.89. The molecule has 2 heterocycles. The fraction of sp³-hybridized carbons (Fsp3) is 0.286. The zero-order valence-corrected chi connectivity index (χ0v) is 11.0. The molecule has 0 aromatic carbocycles. The van der Waals surface area contributed by atoms with Crippen molar-refractivity contribution in [2.45, 2.75) is 5.25 Å². The van der Waals surface area contributed by atoms with E-state index in [0.29, 0.717) is 0 Å². The molecule has 0 saturated heterocycles. The van der Waals surface area contributed by atoms with Crippen LogP contribution in [0.5, 0.6) is 0 Å². The average Bonchev–Trinajstić information content (AvgIpc) is 2.94. The first-order valence-electron chi connectivity index (χ1n) is 4.73. The Labute approximate surface area is 114 Å². The lowest BCUT2D eigenvalue weighted by atomic mass is 10.4. The van der Waals surface area contributed by atoms with Crippen LogP contribution in [0.3, 0.4) is 0 Å². The molecule has 0 aliphatic heterocycles. The second-order valence-corrected chi connectivity index (χ2v) is 4.88. The summed E-state index contributed by atoms with van der Waals surface area (Å²) in [5, 5.41) is 27.4. The van der Waals surface area contributed by atoms with Crippen LogP contribution in [0.2, 0.25) is 0 Å². The first-order chi connectivity index (χ1) is 8.91. The van der Waals surface area contributed by atoms with Crippen molar-refractivity contribution in [3.8, 4) is 0 Å². The SMILES string of the molecule is Cn1c([N+](=O)[O-])cnc1C(S)c1nnc([N+](=O)[O-])s1. The molecular formula is C7H6N6O4S2. The molecule has 0 saturated carbocycles. The van der Waals surface area contributed by atoms with E-state index in [1.54, 1.807) is 0 Å². The molecule has 19 heavy (non-hydrogen) atoms. The quantitative estimate of drug-likeness (QED) is 0.508. The van der Waals surface area contributed by atoms with E-state index in [1.165, 1.54) is 11.6 Å². The molecular weight excluding hydrogens is 296 g/mol. The lowest BCUT2D eigenvalue weighted by molar-refractivity contribution is -0.391. The van der Waals surface area contributed by atoms with Gasteiger partial charge in [0.15, 0.2) is 5.01 Å². The summed E-state index contributed by atoms with van der Waals surface area (Å²) in [7, 11) is 1.46.